The quantitative estimate of drug-likeness (QED) is 0.350. The molecule has 0 aromatic heterocycles. The van der Waals surface area contributed by atoms with Crippen LogP contribution in [0.2, 0.25) is 0 Å². The molecule has 0 aliphatic rings. The Hall–Kier alpha value is 0.394. The first-order valence-corrected chi connectivity index (χ1v) is 2.29. The molecular formula is C3H5ClNi-. The van der Waals surface area contributed by atoms with Gasteiger partial charge >= 0.3 is 24.8 Å². The summed E-state index contributed by atoms with van der Waals surface area (Å²) in [6, 6.07) is 0. The summed E-state index contributed by atoms with van der Waals surface area (Å²) < 4.78 is 0. The zero-order valence-corrected chi connectivity index (χ0v) is 4.43. The van der Waals surface area contributed by atoms with Gasteiger partial charge in [-0.25, -0.2) is 19.6 Å². The van der Waals surface area contributed by atoms with Gasteiger partial charge in [0.25, 0.3) is 0 Å². The molecule has 0 bridgehead atoms. The summed E-state index contributed by atoms with van der Waals surface area (Å²) in [5.74, 6) is 0. The van der Waals surface area contributed by atoms with Gasteiger partial charge in [0, 0.05) is 0 Å². The number of rotatable bonds is 0. The summed E-state index contributed by atoms with van der Waals surface area (Å²) >= 11 is 3.35. The summed E-state index contributed by atoms with van der Waals surface area (Å²) in [6.07, 6.45) is 1.50. The van der Waals surface area contributed by atoms with E-state index in [9.17, 15) is 0 Å². The Morgan fingerprint density at radius 1 is 1.80 bits per heavy atom. The Kier molecular flexibility index (Phi) is 47.1. The minimum atomic E-state index is 1.50. The van der Waals surface area contributed by atoms with Gasteiger partial charge in [-0.2, -0.15) is 0 Å². The molecule has 0 saturated heterocycles. The second-order valence-corrected chi connectivity index (χ2v) is 0.289. The zero-order valence-electron chi connectivity index (χ0n) is 2.69. The first kappa shape index (κ1) is 9.04. The molecule has 0 N–H and O–H groups in total. The number of hydrogen-bond acceptors (Lipinski definition) is 0. The topological polar surface area (TPSA) is 0 Å². The number of hydrogen-bond donors (Lipinski definition) is 0. The van der Waals surface area contributed by atoms with Crippen LogP contribution < -0.4 is 0 Å². The molecule has 0 unspecified atom stereocenters. The molecule has 0 rings (SSSR count). The fraction of sp³-hybridized carbons (Fsp3) is 0. The molecule has 0 aliphatic heterocycles. The summed E-state index contributed by atoms with van der Waals surface area (Å²) in [5.41, 5.74) is 0. The summed E-state index contributed by atoms with van der Waals surface area (Å²) in [4.78, 5) is 0. The molecule has 0 radical (unpaired) electrons. The van der Waals surface area contributed by atoms with Gasteiger partial charge in [-0.15, -0.1) is 0 Å². The van der Waals surface area contributed by atoms with E-state index in [2.05, 4.69) is 38.3 Å². The van der Waals surface area contributed by atoms with Crippen LogP contribution in [0.5, 0.6) is 0 Å². The normalized spacial score (nSPS) is 3.80. The van der Waals surface area contributed by atoms with Crippen LogP contribution in [0.4, 0.5) is 0 Å². The van der Waals surface area contributed by atoms with E-state index < -0.39 is 0 Å². The summed E-state index contributed by atoms with van der Waals surface area (Å²) in [7, 11) is 4.26. The SMILES string of the molecule is C=C[CH2-].[Cl][Ni]. The van der Waals surface area contributed by atoms with Gasteiger partial charge in [-0.1, -0.05) is 0 Å². The molecule has 0 aromatic carbocycles. The van der Waals surface area contributed by atoms with Gasteiger partial charge in [0.1, 0.15) is 0 Å². The molecule has 0 spiro atoms. The Morgan fingerprint density at radius 3 is 1.80 bits per heavy atom. The zero-order chi connectivity index (χ0) is 4.71. The third-order valence-corrected chi connectivity index (χ3v) is 0. The summed E-state index contributed by atoms with van der Waals surface area (Å²) in [6.45, 7) is 6.50. The van der Waals surface area contributed by atoms with E-state index in [1.165, 1.54) is 6.08 Å². The van der Waals surface area contributed by atoms with Crippen molar-refractivity contribution in [3.05, 3.63) is 19.6 Å². The predicted molar refractivity (Wildman–Crippen MR) is 21.4 cm³/mol. The van der Waals surface area contributed by atoms with Crippen LogP contribution in [-0.4, -0.2) is 0 Å². The minimum absolute atomic E-state index is 1.50. The molecular weight excluding hydrogens is 130 g/mol. The molecule has 0 amide bonds. The average molecular weight is 135 g/mol. The first-order chi connectivity index (χ1) is 2.41. The van der Waals surface area contributed by atoms with Crippen LogP contribution in [0.25, 0.3) is 0 Å². The number of halogens is 1. The van der Waals surface area contributed by atoms with E-state index in [4.69, 9.17) is 0 Å². The summed E-state index contributed by atoms with van der Waals surface area (Å²) in [5, 5.41) is 0. The van der Waals surface area contributed by atoms with Crippen molar-refractivity contribution in [2.75, 3.05) is 0 Å². The number of allylic oxidation sites excluding steroid dienone is 1. The van der Waals surface area contributed by atoms with Gasteiger partial charge < -0.3 is 0 Å². The van der Waals surface area contributed by atoms with Gasteiger partial charge in [0.2, 0.25) is 0 Å². The van der Waals surface area contributed by atoms with Crippen molar-refractivity contribution in [3.63, 3.8) is 0 Å². The molecule has 0 aliphatic carbocycles. The van der Waals surface area contributed by atoms with Crippen molar-refractivity contribution in [2.24, 2.45) is 0 Å². The van der Waals surface area contributed by atoms with Crippen LogP contribution in [0, 0.1) is 6.92 Å². The fourth-order valence-corrected chi connectivity index (χ4v) is 0. The molecule has 0 saturated carbocycles. The van der Waals surface area contributed by atoms with Crippen LogP contribution in [0.3, 0.4) is 0 Å². The second kappa shape index (κ2) is 26.1. The first-order valence-electron chi connectivity index (χ1n) is 0.936. The van der Waals surface area contributed by atoms with Crippen LogP contribution in [0.1, 0.15) is 0 Å². The molecule has 5 heavy (non-hydrogen) atoms. The molecule has 35 valence electrons. The van der Waals surface area contributed by atoms with E-state index in [0.29, 0.717) is 0 Å². The molecule has 0 fully saturated rings. The predicted octanol–water partition coefficient (Wildman–Crippen LogP) is 1.69. The van der Waals surface area contributed by atoms with E-state index in [0.717, 1.165) is 0 Å². The van der Waals surface area contributed by atoms with Gasteiger partial charge in [0.05, 0.1) is 0 Å². The monoisotopic (exact) mass is 134 g/mol. The van der Waals surface area contributed by atoms with Crippen molar-refractivity contribution in [3.8, 4) is 0 Å². The van der Waals surface area contributed by atoms with Crippen molar-refractivity contribution < 1.29 is 14.6 Å². The second-order valence-electron chi connectivity index (χ2n) is 0.289. The van der Waals surface area contributed by atoms with Gasteiger partial charge in [-0.05, 0) is 0 Å². The standard InChI is InChI=1S/C3H5.ClH.Ni/c1-3-2;;/h3H,1-2H2;1H;/q-1;;+1/p-1. The Morgan fingerprint density at radius 2 is 1.80 bits per heavy atom. The average Bonchev–Trinajstić information content (AvgIpc) is 1.46. The third-order valence-electron chi connectivity index (χ3n) is 0. The van der Waals surface area contributed by atoms with E-state index >= 15 is 0 Å². The van der Waals surface area contributed by atoms with Gasteiger partial charge in [-0.3, -0.25) is 0 Å². The third kappa shape index (κ3) is 163. The van der Waals surface area contributed by atoms with Crippen LogP contribution >= 0.6 is 10.2 Å². The Bertz CT molecular complexity index is 14.4. The Balaban J connectivity index is 0. The van der Waals surface area contributed by atoms with E-state index in [1.54, 1.807) is 0 Å². The molecule has 0 atom stereocenters. The maximum absolute atomic E-state index is 4.26. The fourth-order valence-electron chi connectivity index (χ4n) is 0. The van der Waals surface area contributed by atoms with Crippen molar-refractivity contribution in [1.29, 1.82) is 0 Å². The molecule has 0 heterocycles. The van der Waals surface area contributed by atoms with Crippen molar-refractivity contribution in [1.82, 2.24) is 0 Å². The van der Waals surface area contributed by atoms with E-state index in [1.807, 2.05) is 0 Å². The maximum atomic E-state index is 4.26. The van der Waals surface area contributed by atoms with Crippen LogP contribution in [0.15, 0.2) is 12.7 Å². The van der Waals surface area contributed by atoms with Crippen LogP contribution in [-0.2, 0) is 14.6 Å². The van der Waals surface area contributed by atoms with E-state index in [-0.39, 0.29) is 0 Å². The van der Waals surface area contributed by atoms with Crippen molar-refractivity contribution in [2.45, 2.75) is 0 Å². The molecule has 0 aromatic rings. The van der Waals surface area contributed by atoms with Gasteiger partial charge in [0.15, 0.2) is 0 Å². The Labute approximate surface area is 44.8 Å². The molecule has 2 heteroatoms. The molecule has 0 nitrogen and oxygen atoms in total. The van der Waals surface area contributed by atoms with Crippen molar-refractivity contribution >= 4 is 10.2 Å².